The van der Waals surface area contributed by atoms with Crippen molar-refractivity contribution in [1.82, 2.24) is 9.80 Å². The number of likely N-dealkylation sites (tertiary alicyclic amines) is 1. The van der Waals surface area contributed by atoms with Crippen molar-refractivity contribution in [3.8, 4) is 0 Å². The van der Waals surface area contributed by atoms with Crippen molar-refractivity contribution in [2.75, 3.05) is 44.8 Å². The number of carbonyl (C=O) groups excluding carboxylic acids is 1. The molecule has 0 aliphatic carbocycles. The first-order chi connectivity index (χ1) is 12.0. The van der Waals surface area contributed by atoms with Gasteiger partial charge in [-0.1, -0.05) is 12.1 Å². The minimum absolute atomic E-state index is 0. The van der Waals surface area contributed by atoms with E-state index in [1.165, 1.54) is 0 Å². The van der Waals surface area contributed by atoms with E-state index in [4.69, 9.17) is 5.11 Å². The Kier molecular flexibility index (Phi) is 10.0. The molecule has 2 rings (SSSR count). The lowest BCUT2D eigenvalue weighted by Gasteiger charge is -2.36. The summed E-state index contributed by atoms with van der Waals surface area (Å²) in [6, 6.07) is 8.13. The van der Waals surface area contributed by atoms with Gasteiger partial charge < -0.3 is 15.3 Å². The Balaban J connectivity index is 0.00000338. The van der Waals surface area contributed by atoms with Crippen LogP contribution >= 0.6 is 24.2 Å². The van der Waals surface area contributed by atoms with Gasteiger partial charge in [0.25, 0.3) is 0 Å². The number of piperidine rings is 1. The number of hydrogen-bond donors (Lipinski definition) is 2. The van der Waals surface area contributed by atoms with Crippen molar-refractivity contribution in [2.45, 2.75) is 30.2 Å². The lowest BCUT2D eigenvalue weighted by molar-refractivity contribution is -0.138. The normalized spacial score (nSPS) is 15.5. The molecule has 0 bridgehead atoms. The Hall–Kier alpha value is -1.28. The molecule has 0 saturated carbocycles. The Bertz CT molecular complexity index is 595. The standard InChI is InChI=1S/C18H27N3O3S.ClH/c1-20(13-18(23)24)14-7-10-21(11-8-14)12-9-17(22)19-15-5-3-4-6-16(15)25-2;/h3-6,14H,7-13H2,1-2H3,(H,19,22)(H,23,24);1H. The third kappa shape index (κ3) is 7.15. The monoisotopic (exact) mass is 401 g/mol. The second-order valence-electron chi connectivity index (χ2n) is 6.38. The zero-order valence-electron chi connectivity index (χ0n) is 15.3. The Morgan fingerprint density at radius 2 is 1.96 bits per heavy atom. The molecule has 6 nitrogen and oxygen atoms in total. The maximum Gasteiger partial charge on any atom is 0.317 e. The lowest BCUT2D eigenvalue weighted by Crippen LogP contribution is -2.45. The van der Waals surface area contributed by atoms with Crippen molar-refractivity contribution in [3.63, 3.8) is 0 Å². The Morgan fingerprint density at radius 1 is 1.31 bits per heavy atom. The van der Waals surface area contributed by atoms with Crippen molar-refractivity contribution < 1.29 is 14.7 Å². The van der Waals surface area contributed by atoms with Gasteiger partial charge in [-0.15, -0.1) is 24.2 Å². The average molecular weight is 402 g/mol. The SMILES string of the molecule is CSc1ccccc1NC(=O)CCN1CCC(N(C)CC(=O)O)CC1.Cl. The molecular formula is C18H28ClN3O3S. The van der Waals surface area contributed by atoms with E-state index in [-0.39, 0.29) is 24.9 Å². The fourth-order valence-electron chi connectivity index (χ4n) is 3.15. The predicted octanol–water partition coefficient (Wildman–Crippen LogP) is 2.64. The molecule has 0 atom stereocenters. The van der Waals surface area contributed by atoms with Crippen LogP contribution in [0.5, 0.6) is 0 Å². The molecule has 1 fully saturated rings. The molecule has 1 aliphatic heterocycles. The van der Waals surface area contributed by atoms with E-state index >= 15 is 0 Å². The van der Waals surface area contributed by atoms with Crippen LogP contribution in [0, 0.1) is 0 Å². The van der Waals surface area contributed by atoms with Crippen LogP contribution in [0.25, 0.3) is 0 Å². The van der Waals surface area contributed by atoms with Gasteiger partial charge in [-0.05, 0) is 51.4 Å². The third-order valence-electron chi connectivity index (χ3n) is 4.60. The van der Waals surface area contributed by atoms with E-state index in [2.05, 4.69) is 10.2 Å². The number of anilines is 1. The fraction of sp³-hybridized carbons (Fsp3) is 0.556. The molecule has 2 N–H and O–H groups in total. The molecule has 1 aromatic carbocycles. The van der Waals surface area contributed by atoms with Gasteiger partial charge in [0.05, 0.1) is 12.2 Å². The molecule has 8 heteroatoms. The number of benzene rings is 1. The quantitative estimate of drug-likeness (QED) is 0.652. The lowest BCUT2D eigenvalue weighted by atomic mass is 10.0. The zero-order valence-corrected chi connectivity index (χ0v) is 16.9. The summed E-state index contributed by atoms with van der Waals surface area (Å²) in [6.45, 7) is 2.64. The van der Waals surface area contributed by atoms with Gasteiger partial charge in [0, 0.05) is 23.9 Å². The average Bonchev–Trinajstić information content (AvgIpc) is 2.60. The number of aliphatic carboxylic acids is 1. The summed E-state index contributed by atoms with van der Waals surface area (Å²) in [5, 5.41) is 11.9. The van der Waals surface area contributed by atoms with Crippen LogP contribution in [-0.4, -0.2) is 72.3 Å². The number of thioether (sulfide) groups is 1. The molecule has 1 heterocycles. The summed E-state index contributed by atoms with van der Waals surface area (Å²) in [7, 11) is 1.87. The van der Waals surface area contributed by atoms with Crippen LogP contribution in [0.1, 0.15) is 19.3 Å². The summed E-state index contributed by atoms with van der Waals surface area (Å²) in [5.41, 5.74) is 0.869. The maximum absolute atomic E-state index is 12.2. The van der Waals surface area contributed by atoms with Crippen molar-refractivity contribution in [2.24, 2.45) is 0 Å². The summed E-state index contributed by atoms with van der Waals surface area (Å²) < 4.78 is 0. The number of nitrogens with one attached hydrogen (secondary N) is 1. The number of carboxylic acids is 1. The number of carboxylic acid groups (broad SMARTS) is 1. The van der Waals surface area contributed by atoms with Crippen LogP contribution in [0.4, 0.5) is 5.69 Å². The molecular weight excluding hydrogens is 374 g/mol. The molecule has 1 saturated heterocycles. The molecule has 0 unspecified atom stereocenters. The number of para-hydroxylation sites is 1. The topological polar surface area (TPSA) is 72.9 Å². The highest BCUT2D eigenvalue weighted by molar-refractivity contribution is 7.98. The van der Waals surface area contributed by atoms with Crippen LogP contribution in [0.3, 0.4) is 0 Å². The molecule has 0 aromatic heterocycles. The van der Waals surface area contributed by atoms with Gasteiger partial charge in [-0.25, -0.2) is 0 Å². The van der Waals surface area contributed by atoms with Crippen molar-refractivity contribution in [3.05, 3.63) is 24.3 Å². The van der Waals surface area contributed by atoms with E-state index in [9.17, 15) is 9.59 Å². The second kappa shape index (κ2) is 11.4. The molecule has 1 aliphatic rings. The Labute approximate surface area is 165 Å². The van der Waals surface area contributed by atoms with E-state index in [0.29, 0.717) is 12.5 Å². The van der Waals surface area contributed by atoms with E-state index in [1.54, 1.807) is 11.8 Å². The van der Waals surface area contributed by atoms with Gasteiger partial charge >= 0.3 is 5.97 Å². The van der Waals surface area contributed by atoms with Gasteiger partial charge in [0.2, 0.25) is 5.91 Å². The third-order valence-corrected chi connectivity index (χ3v) is 5.40. The second-order valence-corrected chi connectivity index (χ2v) is 7.23. The largest absolute Gasteiger partial charge is 0.480 e. The van der Waals surface area contributed by atoms with E-state index in [1.807, 2.05) is 42.5 Å². The van der Waals surface area contributed by atoms with Crippen LogP contribution < -0.4 is 5.32 Å². The molecule has 146 valence electrons. The van der Waals surface area contributed by atoms with Crippen LogP contribution in [0.15, 0.2) is 29.2 Å². The summed E-state index contributed by atoms with van der Waals surface area (Å²) in [5.74, 6) is -0.751. The highest BCUT2D eigenvalue weighted by Crippen LogP contribution is 2.24. The molecule has 26 heavy (non-hydrogen) atoms. The highest BCUT2D eigenvalue weighted by atomic mass is 35.5. The van der Waals surface area contributed by atoms with Crippen LogP contribution in [0.2, 0.25) is 0 Å². The number of amides is 1. The van der Waals surface area contributed by atoms with Gasteiger partial charge in [0.15, 0.2) is 0 Å². The minimum Gasteiger partial charge on any atom is -0.480 e. The number of halogens is 1. The van der Waals surface area contributed by atoms with Crippen molar-refractivity contribution in [1.29, 1.82) is 0 Å². The van der Waals surface area contributed by atoms with Crippen molar-refractivity contribution >= 4 is 41.7 Å². The molecule has 1 amide bonds. The zero-order chi connectivity index (χ0) is 18.2. The van der Waals surface area contributed by atoms with E-state index < -0.39 is 5.97 Å². The molecule has 0 spiro atoms. The summed E-state index contributed by atoms with van der Waals surface area (Å²) in [4.78, 5) is 28.2. The number of likely N-dealkylation sites (N-methyl/N-ethyl adjacent to an activating group) is 1. The van der Waals surface area contributed by atoms with Gasteiger partial charge in [-0.3, -0.25) is 14.5 Å². The molecule has 1 aromatic rings. The number of rotatable bonds is 8. The first-order valence-electron chi connectivity index (χ1n) is 8.57. The van der Waals surface area contributed by atoms with Gasteiger partial charge in [-0.2, -0.15) is 0 Å². The van der Waals surface area contributed by atoms with Gasteiger partial charge in [0.1, 0.15) is 0 Å². The summed E-state index contributed by atoms with van der Waals surface area (Å²) in [6.07, 6.45) is 4.36. The summed E-state index contributed by atoms with van der Waals surface area (Å²) >= 11 is 1.62. The predicted molar refractivity (Wildman–Crippen MR) is 108 cm³/mol. The smallest absolute Gasteiger partial charge is 0.317 e. The fourth-order valence-corrected chi connectivity index (χ4v) is 3.70. The number of carbonyl (C=O) groups is 2. The Morgan fingerprint density at radius 3 is 2.58 bits per heavy atom. The number of nitrogens with zero attached hydrogens (tertiary/aromatic N) is 2. The number of hydrogen-bond acceptors (Lipinski definition) is 5. The highest BCUT2D eigenvalue weighted by Gasteiger charge is 2.23. The molecule has 0 radical (unpaired) electrons. The van der Waals surface area contributed by atoms with Crippen LogP contribution in [-0.2, 0) is 9.59 Å². The first-order valence-corrected chi connectivity index (χ1v) is 9.79. The first kappa shape index (κ1) is 22.8. The minimum atomic E-state index is -0.785. The van der Waals surface area contributed by atoms with E-state index in [0.717, 1.165) is 43.1 Å². The maximum atomic E-state index is 12.2.